The number of pyridine rings is 1. The molecule has 0 fully saturated rings. The summed E-state index contributed by atoms with van der Waals surface area (Å²) in [7, 11) is 0. The second-order valence-corrected chi connectivity index (χ2v) is 8.22. The summed E-state index contributed by atoms with van der Waals surface area (Å²) >= 11 is 3.48. The average Bonchev–Trinajstić information content (AvgIpc) is 3.15. The minimum atomic E-state index is -0.0899. The van der Waals surface area contributed by atoms with Gasteiger partial charge in [-0.1, -0.05) is 48.2 Å². The summed E-state index contributed by atoms with van der Waals surface area (Å²) in [5, 5.41) is 2.93. The number of rotatable bonds is 6. The number of carbonyl (C=O) groups is 1. The van der Waals surface area contributed by atoms with Gasteiger partial charge in [0.15, 0.2) is 4.34 Å². The molecule has 0 aliphatic heterocycles. The molecule has 2 aromatic carbocycles. The Bertz CT molecular complexity index is 1010. The van der Waals surface area contributed by atoms with Crippen molar-refractivity contribution in [3.8, 4) is 0 Å². The number of benzene rings is 2. The van der Waals surface area contributed by atoms with Gasteiger partial charge < -0.3 is 5.32 Å². The summed E-state index contributed by atoms with van der Waals surface area (Å²) in [4.78, 5) is 20.6. The van der Waals surface area contributed by atoms with E-state index in [1.54, 1.807) is 47.6 Å². The van der Waals surface area contributed by atoms with Crippen molar-refractivity contribution in [2.45, 2.75) is 16.6 Å². The minimum absolute atomic E-state index is 0.0899. The van der Waals surface area contributed by atoms with Crippen molar-refractivity contribution in [2.75, 3.05) is 0 Å². The zero-order valence-electron chi connectivity index (χ0n) is 14.5. The molecule has 2 aromatic heterocycles. The van der Waals surface area contributed by atoms with Gasteiger partial charge in [-0.3, -0.25) is 9.78 Å². The Morgan fingerprint density at radius 1 is 0.963 bits per heavy atom. The maximum absolute atomic E-state index is 12.1. The Morgan fingerprint density at radius 3 is 2.48 bits per heavy atom. The van der Waals surface area contributed by atoms with Gasteiger partial charge in [0, 0.05) is 30.3 Å². The number of nitrogens with zero attached hydrogens (tertiary/aromatic N) is 2. The van der Waals surface area contributed by atoms with Crippen LogP contribution in [0, 0.1) is 0 Å². The summed E-state index contributed by atoms with van der Waals surface area (Å²) in [6.45, 7) is 0.506. The molecule has 27 heavy (non-hydrogen) atoms. The fourth-order valence-electron chi connectivity index (χ4n) is 2.60. The summed E-state index contributed by atoms with van der Waals surface area (Å²) < 4.78 is 2.31. The molecule has 0 atom stereocenters. The average molecular weight is 392 g/mol. The molecular weight excluding hydrogens is 374 g/mol. The van der Waals surface area contributed by atoms with Crippen LogP contribution in [0.4, 0.5) is 0 Å². The summed E-state index contributed by atoms with van der Waals surface area (Å²) in [5.74, 6) is 0.789. The zero-order valence-corrected chi connectivity index (χ0v) is 16.1. The quantitative estimate of drug-likeness (QED) is 0.474. The van der Waals surface area contributed by atoms with Crippen molar-refractivity contribution in [3.63, 3.8) is 0 Å². The van der Waals surface area contributed by atoms with E-state index in [9.17, 15) is 4.79 Å². The van der Waals surface area contributed by atoms with Gasteiger partial charge in [0.2, 0.25) is 0 Å². The van der Waals surface area contributed by atoms with Crippen LogP contribution >= 0.6 is 23.1 Å². The maximum Gasteiger partial charge on any atom is 0.251 e. The Hall–Kier alpha value is -2.70. The molecule has 4 rings (SSSR count). The summed E-state index contributed by atoms with van der Waals surface area (Å²) in [6, 6.07) is 19.9. The van der Waals surface area contributed by atoms with Gasteiger partial charge in [-0.2, -0.15) is 0 Å². The molecule has 1 amide bonds. The second kappa shape index (κ2) is 8.33. The molecule has 0 bridgehead atoms. The molecule has 1 N–H and O–H groups in total. The Labute approximate surface area is 165 Å². The van der Waals surface area contributed by atoms with Crippen LogP contribution in [0.2, 0.25) is 0 Å². The lowest BCUT2D eigenvalue weighted by Crippen LogP contribution is -2.22. The lowest BCUT2D eigenvalue weighted by Gasteiger charge is -2.06. The fraction of sp³-hybridized carbons (Fsp3) is 0.0952. The van der Waals surface area contributed by atoms with Crippen LogP contribution in [0.3, 0.4) is 0 Å². The van der Waals surface area contributed by atoms with Crippen molar-refractivity contribution in [3.05, 3.63) is 89.7 Å². The topological polar surface area (TPSA) is 54.9 Å². The van der Waals surface area contributed by atoms with Crippen molar-refractivity contribution < 1.29 is 4.79 Å². The largest absolute Gasteiger partial charge is 0.348 e. The highest BCUT2D eigenvalue weighted by Crippen LogP contribution is 2.31. The fourth-order valence-corrected chi connectivity index (χ4v) is 4.62. The molecule has 0 radical (unpaired) electrons. The van der Waals surface area contributed by atoms with Crippen molar-refractivity contribution >= 4 is 39.2 Å². The molecule has 0 aliphatic rings. The van der Waals surface area contributed by atoms with Crippen LogP contribution in [-0.4, -0.2) is 15.9 Å². The first-order valence-corrected chi connectivity index (χ1v) is 10.3. The third-order valence-electron chi connectivity index (χ3n) is 4.06. The van der Waals surface area contributed by atoms with Gasteiger partial charge in [-0.15, -0.1) is 11.3 Å². The van der Waals surface area contributed by atoms with Gasteiger partial charge in [0.1, 0.15) is 0 Å². The molecule has 0 saturated heterocycles. The van der Waals surface area contributed by atoms with Gasteiger partial charge >= 0.3 is 0 Å². The number of thioether (sulfide) groups is 1. The highest BCUT2D eigenvalue weighted by Gasteiger charge is 2.06. The van der Waals surface area contributed by atoms with E-state index in [1.807, 2.05) is 18.2 Å². The Morgan fingerprint density at radius 2 is 1.70 bits per heavy atom. The first-order valence-electron chi connectivity index (χ1n) is 8.52. The third-order valence-corrected chi connectivity index (χ3v) is 6.31. The number of hydrogen-bond acceptors (Lipinski definition) is 5. The molecule has 134 valence electrons. The van der Waals surface area contributed by atoms with E-state index in [0.717, 1.165) is 21.2 Å². The monoisotopic (exact) mass is 391 g/mol. The van der Waals surface area contributed by atoms with E-state index in [1.165, 1.54) is 10.3 Å². The molecule has 0 aliphatic carbocycles. The summed E-state index contributed by atoms with van der Waals surface area (Å²) in [5.41, 5.74) is 3.99. The number of nitrogens with one attached hydrogen (secondary N) is 1. The first-order chi connectivity index (χ1) is 13.3. The van der Waals surface area contributed by atoms with Crippen molar-refractivity contribution in [2.24, 2.45) is 0 Å². The van der Waals surface area contributed by atoms with E-state index in [4.69, 9.17) is 0 Å². The van der Waals surface area contributed by atoms with E-state index >= 15 is 0 Å². The molecule has 4 nitrogen and oxygen atoms in total. The number of hydrogen-bond donors (Lipinski definition) is 1. The van der Waals surface area contributed by atoms with Crippen LogP contribution in [0.15, 0.2) is 77.4 Å². The van der Waals surface area contributed by atoms with E-state index in [-0.39, 0.29) is 5.91 Å². The highest BCUT2D eigenvalue weighted by atomic mass is 32.2. The van der Waals surface area contributed by atoms with Crippen molar-refractivity contribution in [1.29, 1.82) is 0 Å². The molecule has 0 spiro atoms. The minimum Gasteiger partial charge on any atom is -0.348 e. The number of fused-ring (bicyclic) bond motifs is 1. The SMILES string of the molecule is O=C(NCc1ccc(CSc2nc3ccccc3s2)cc1)c1ccncc1. The first kappa shape index (κ1) is 17.7. The smallest absolute Gasteiger partial charge is 0.251 e. The number of aromatic nitrogens is 2. The van der Waals surface area contributed by atoms with Crippen LogP contribution in [0.1, 0.15) is 21.5 Å². The van der Waals surface area contributed by atoms with Crippen LogP contribution in [0.5, 0.6) is 0 Å². The third kappa shape index (κ3) is 4.53. The second-order valence-electron chi connectivity index (χ2n) is 5.97. The molecule has 2 heterocycles. The lowest BCUT2D eigenvalue weighted by molar-refractivity contribution is 0.0951. The maximum atomic E-state index is 12.1. The van der Waals surface area contributed by atoms with Crippen LogP contribution < -0.4 is 5.32 Å². The van der Waals surface area contributed by atoms with Crippen LogP contribution in [0.25, 0.3) is 10.2 Å². The van der Waals surface area contributed by atoms with Crippen molar-refractivity contribution in [1.82, 2.24) is 15.3 Å². The Kier molecular flexibility index (Phi) is 5.46. The molecule has 0 saturated carbocycles. The van der Waals surface area contributed by atoms with Gasteiger partial charge in [-0.25, -0.2) is 4.98 Å². The number of thiazole rings is 1. The number of para-hydroxylation sites is 1. The van der Waals surface area contributed by atoms with E-state index in [0.29, 0.717) is 12.1 Å². The molecule has 0 unspecified atom stereocenters. The zero-order chi connectivity index (χ0) is 18.5. The van der Waals surface area contributed by atoms with E-state index < -0.39 is 0 Å². The molecule has 6 heteroatoms. The van der Waals surface area contributed by atoms with Gasteiger partial charge in [-0.05, 0) is 35.4 Å². The van der Waals surface area contributed by atoms with Gasteiger partial charge in [0.25, 0.3) is 5.91 Å². The van der Waals surface area contributed by atoms with Gasteiger partial charge in [0.05, 0.1) is 10.2 Å². The predicted molar refractivity (Wildman–Crippen MR) is 111 cm³/mol. The number of amides is 1. The normalized spacial score (nSPS) is 10.8. The standard InChI is InChI=1S/C21H17N3OS2/c25-20(17-9-11-22-12-10-17)23-13-15-5-7-16(8-6-15)14-26-21-24-18-3-1-2-4-19(18)27-21/h1-12H,13-14H2,(H,23,25). The summed E-state index contributed by atoms with van der Waals surface area (Å²) in [6.07, 6.45) is 3.24. The lowest BCUT2D eigenvalue weighted by atomic mass is 10.1. The predicted octanol–water partition coefficient (Wildman–Crippen LogP) is 4.91. The molecule has 4 aromatic rings. The molecular formula is C21H17N3OS2. The Balaban J connectivity index is 1.31. The van der Waals surface area contributed by atoms with Crippen LogP contribution in [-0.2, 0) is 12.3 Å². The number of carbonyl (C=O) groups excluding carboxylic acids is 1. The highest BCUT2D eigenvalue weighted by molar-refractivity contribution is 8.00. The van der Waals surface area contributed by atoms with E-state index in [2.05, 4.69) is 45.6 Å².